The lowest BCUT2D eigenvalue weighted by Gasteiger charge is -2.33. The lowest BCUT2D eigenvalue weighted by atomic mass is 9.96. The number of likely N-dealkylation sites (tertiary alicyclic amines) is 1. The van der Waals surface area contributed by atoms with Crippen molar-refractivity contribution < 1.29 is 23.1 Å². The van der Waals surface area contributed by atoms with Crippen molar-refractivity contribution in [3.8, 4) is 11.3 Å². The molecule has 4 aromatic rings. The molecule has 0 spiro atoms. The van der Waals surface area contributed by atoms with Gasteiger partial charge in [0, 0.05) is 63.8 Å². The Labute approximate surface area is 238 Å². The van der Waals surface area contributed by atoms with Crippen LogP contribution in [0.15, 0.2) is 65.1 Å². The summed E-state index contributed by atoms with van der Waals surface area (Å²) in [5.41, 5.74) is 8.97. The maximum atomic E-state index is 13.2. The van der Waals surface area contributed by atoms with Crippen LogP contribution in [0.3, 0.4) is 0 Å². The standard InChI is InChI=1S/C31H36FN5O4/c1-40-17-5-16-37-26-8-3-2-7-25(26)35-30(37)22-6-4-15-36(20-22)29(38)18-24(33)19-34-31(39)28-14-13-27(41-28)21-9-11-23(32)12-10-21/h2-3,7-14,22,24H,4-6,15-20,33H2,1H3,(H,34,39)/t22-,24+/m1/s1. The lowest BCUT2D eigenvalue weighted by Crippen LogP contribution is -2.45. The summed E-state index contributed by atoms with van der Waals surface area (Å²) in [5, 5.41) is 2.75. The number of amides is 2. The zero-order chi connectivity index (χ0) is 28.8. The van der Waals surface area contributed by atoms with Crippen molar-refractivity contribution in [3.63, 3.8) is 0 Å². The summed E-state index contributed by atoms with van der Waals surface area (Å²) < 4.78 is 26.3. The molecule has 3 heterocycles. The Morgan fingerprint density at radius 3 is 2.78 bits per heavy atom. The number of halogens is 1. The van der Waals surface area contributed by atoms with Crippen LogP contribution >= 0.6 is 0 Å². The minimum absolute atomic E-state index is 0.0323. The molecule has 1 aliphatic heterocycles. The first kappa shape index (κ1) is 28.5. The third-order valence-electron chi connectivity index (χ3n) is 7.47. The number of nitrogens with zero attached hydrogens (tertiary/aromatic N) is 3. The first-order valence-electron chi connectivity index (χ1n) is 14.0. The highest BCUT2D eigenvalue weighted by Gasteiger charge is 2.29. The number of carbonyl (C=O) groups is 2. The zero-order valence-corrected chi connectivity index (χ0v) is 23.2. The highest BCUT2D eigenvalue weighted by Crippen LogP contribution is 2.30. The molecule has 2 aromatic carbocycles. The van der Waals surface area contributed by atoms with Gasteiger partial charge in [0.25, 0.3) is 5.91 Å². The van der Waals surface area contributed by atoms with Crippen molar-refractivity contribution in [2.24, 2.45) is 5.73 Å². The van der Waals surface area contributed by atoms with E-state index in [4.69, 9.17) is 19.9 Å². The highest BCUT2D eigenvalue weighted by atomic mass is 19.1. The fraction of sp³-hybridized carbons (Fsp3) is 0.387. The van der Waals surface area contributed by atoms with Gasteiger partial charge in [-0.1, -0.05) is 12.1 Å². The van der Waals surface area contributed by atoms with Gasteiger partial charge in [0.15, 0.2) is 5.76 Å². The number of aryl methyl sites for hydroxylation is 1. The predicted octanol–water partition coefficient (Wildman–Crippen LogP) is 4.33. The van der Waals surface area contributed by atoms with E-state index in [0.29, 0.717) is 31.0 Å². The number of carbonyl (C=O) groups excluding carboxylic acids is 2. The van der Waals surface area contributed by atoms with Crippen molar-refractivity contribution in [2.75, 3.05) is 33.4 Å². The van der Waals surface area contributed by atoms with E-state index in [0.717, 1.165) is 42.7 Å². The molecule has 1 fully saturated rings. The van der Waals surface area contributed by atoms with E-state index in [1.54, 1.807) is 31.4 Å². The second-order valence-corrected chi connectivity index (χ2v) is 10.5. The SMILES string of the molecule is COCCCn1c([C@@H]2CCCN(C(=O)C[C@H](N)CNC(=O)c3ccc(-c4ccc(F)cc4)o3)C2)nc2ccccc21. The number of nitrogens with one attached hydrogen (secondary N) is 1. The molecule has 0 saturated carbocycles. The maximum absolute atomic E-state index is 13.2. The number of methoxy groups -OCH3 is 1. The van der Waals surface area contributed by atoms with E-state index in [9.17, 15) is 14.0 Å². The molecule has 2 aromatic heterocycles. The lowest BCUT2D eigenvalue weighted by molar-refractivity contribution is -0.132. The predicted molar refractivity (Wildman–Crippen MR) is 154 cm³/mol. The first-order valence-corrected chi connectivity index (χ1v) is 14.0. The van der Waals surface area contributed by atoms with Crippen LogP contribution in [0.4, 0.5) is 4.39 Å². The molecule has 10 heteroatoms. The number of furan rings is 1. The number of hydrogen-bond acceptors (Lipinski definition) is 6. The van der Waals surface area contributed by atoms with Gasteiger partial charge in [0.1, 0.15) is 17.4 Å². The zero-order valence-electron chi connectivity index (χ0n) is 23.2. The van der Waals surface area contributed by atoms with E-state index in [2.05, 4.69) is 16.0 Å². The summed E-state index contributed by atoms with van der Waals surface area (Å²) in [5.74, 6) is 0.917. The molecule has 9 nitrogen and oxygen atoms in total. The average Bonchev–Trinajstić information content (AvgIpc) is 3.62. The summed E-state index contributed by atoms with van der Waals surface area (Å²) in [6.45, 7) is 2.87. The fourth-order valence-corrected chi connectivity index (χ4v) is 5.39. The van der Waals surface area contributed by atoms with E-state index in [1.807, 2.05) is 23.1 Å². The molecule has 1 saturated heterocycles. The van der Waals surface area contributed by atoms with E-state index in [-0.39, 0.29) is 36.4 Å². The number of imidazole rings is 1. The van der Waals surface area contributed by atoms with E-state index in [1.165, 1.54) is 12.1 Å². The summed E-state index contributed by atoms with van der Waals surface area (Å²) in [6.07, 6.45) is 2.85. The number of nitrogens with two attached hydrogens (primary N) is 1. The Bertz CT molecular complexity index is 1480. The van der Waals surface area contributed by atoms with E-state index < -0.39 is 11.9 Å². The molecule has 2 amide bonds. The van der Waals surface area contributed by atoms with Crippen LogP contribution < -0.4 is 11.1 Å². The van der Waals surface area contributed by atoms with Gasteiger partial charge >= 0.3 is 0 Å². The molecular weight excluding hydrogens is 525 g/mol. The number of para-hydroxylation sites is 2. The third kappa shape index (κ3) is 6.83. The average molecular weight is 562 g/mol. The van der Waals surface area contributed by atoms with Crippen LogP contribution in [-0.4, -0.2) is 65.7 Å². The monoisotopic (exact) mass is 561 g/mol. The molecule has 2 atom stereocenters. The molecule has 41 heavy (non-hydrogen) atoms. The molecular formula is C31H36FN5O4. The van der Waals surface area contributed by atoms with Crippen LogP contribution in [0.25, 0.3) is 22.4 Å². The molecule has 0 aliphatic carbocycles. The summed E-state index contributed by atoms with van der Waals surface area (Å²) in [6, 6.07) is 16.6. The van der Waals surface area contributed by atoms with Crippen LogP contribution in [0.1, 0.15) is 48.0 Å². The second kappa shape index (κ2) is 13.1. The minimum atomic E-state index is -0.544. The number of hydrogen-bond donors (Lipinski definition) is 2. The van der Waals surface area contributed by atoms with Crippen molar-refractivity contribution in [1.29, 1.82) is 0 Å². The van der Waals surface area contributed by atoms with Crippen LogP contribution in [0.2, 0.25) is 0 Å². The largest absolute Gasteiger partial charge is 0.451 e. The van der Waals surface area contributed by atoms with Crippen molar-refractivity contribution in [2.45, 2.75) is 44.2 Å². The Balaban J connectivity index is 1.16. The summed E-state index contributed by atoms with van der Waals surface area (Å²) >= 11 is 0. The molecule has 0 bridgehead atoms. The molecule has 5 rings (SSSR count). The van der Waals surface area contributed by atoms with Crippen molar-refractivity contribution >= 4 is 22.8 Å². The minimum Gasteiger partial charge on any atom is -0.451 e. The van der Waals surface area contributed by atoms with Crippen molar-refractivity contribution in [1.82, 2.24) is 19.8 Å². The topological polar surface area (TPSA) is 116 Å². The normalized spacial score (nSPS) is 16.2. The molecule has 0 unspecified atom stereocenters. The maximum Gasteiger partial charge on any atom is 0.287 e. The van der Waals surface area contributed by atoms with E-state index >= 15 is 0 Å². The smallest absolute Gasteiger partial charge is 0.287 e. The van der Waals surface area contributed by atoms with Gasteiger partial charge in [0.05, 0.1) is 11.0 Å². The molecule has 216 valence electrons. The van der Waals surface area contributed by atoms with Gasteiger partial charge < -0.3 is 29.7 Å². The number of fused-ring (bicyclic) bond motifs is 1. The van der Waals surface area contributed by atoms with Crippen LogP contribution in [0.5, 0.6) is 0 Å². The number of ether oxygens (including phenoxy) is 1. The summed E-state index contributed by atoms with van der Waals surface area (Å²) in [4.78, 5) is 32.6. The number of piperidine rings is 1. The Kier molecular flexibility index (Phi) is 9.11. The Hall–Kier alpha value is -4.02. The first-order chi connectivity index (χ1) is 19.9. The van der Waals surface area contributed by atoms with Crippen molar-refractivity contribution in [3.05, 3.63) is 78.1 Å². The van der Waals surface area contributed by atoms with Gasteiger partial charge in [-0.25, -0.2) is 9.37 Å². The van der Waals surface area contributed by atoms with Crippen LogP contribution in [-0.2, 0) is 16.1 Å². The Morgan fingerprint density at radius 1 is 1.17 bits per heavy atom. The quantitative estimate of drug-likeness (QED) is 0.264. The van der Waals surface area contributed by atoms with Crippen LogP contribution in [0, 0.1) is 5.82 Å². The second-order valence-electron chi connectivity index (χ2n) is 10.5. The number of aromatic nitrogens is 2. The molecule has 1 aliphatic rings. The van der Waals surface area contributed by atoms with Gasteiger partial charge in [-0.15, -0.1) is 0 Å². The molecule has 0 radical (unpaired) electrons. The Morgan fingerprint density at radius 2 is 1.98 bits per heavy atom. The molecule has 3 N–H and O–H groups in total. The van der Waals surface area contributed by atoms with Gasteiger partial charge in [-0.3, -0.25) is 9.59 Å². The van der Waals surface area contributed by atoms with Gasteiger partial charge in [-0.05, 0) is 67.8 Å². The van der Waals surface area contributed by atoms with Gasteiger partial charge in [0.2, 0.25) is 5.91 Å². The number of benzene rings is 2. The summed E-state index contributed by atoms with van der Waals surface area (Å²) in [7, 11) is 1.70. The number of rotatable bonds is 11. The third-order valence-corrected chi connectivity index (χ3v) is 7.47. The highest BCUT2D eigenvalue weighted by molar-refractivity contribution is 5.92. The van der Waals surface area contributed by atoms with Gasteiger partial charge in [-0.2, -0.15) is 0 Å². The fourth-order valence-electron chi connectivity index (χ4n) is 5.39.